The molecule has 1 N–H and O–H groups in total. The van der Waals surface area contributed by atoms with Crippen LogP contribution in [0.2, 0.25) is 0 Å². The lowest BCUT2D eigenvalue weighted by atomic mass is 9.79. The van der Waals surface area contributed by atoms with E-state index in [4.69, 9.17) is 4.74 Å². The van der Waals surface area contributed by atoms with Gasteiger partial charge in [-0.05, 0) is 86.7 Å². The number of carboxylic acids is 1. The molecule has 180 valence electrons. The number of piperidine rings is 1. The number of methoxy groups -OCH3 is 1. The first-order chi connectivity index (χ1) is 16.0. The van der Waals surface area contributed by atoms with E-state index in [1.54, 1.807) is 19.4 Å². The van der Waals surface area contributed by atoms with Crippen molar-refractivity contribution < 1.29 is 19.0 Å². The highest BCUT2D eigenvalue weighted by molar-refractivity contribution is 8.00. The van der Waals surface area contributed by atoms with E-state index in [0.29, 0.717) is 36.0 Å². The molecule has 1 aliphatic heterocycles. The number of carboxylic acid groups (broad SMARTS) is 1. The van der Waals surface area contributed by atoms with Crippen molar-refractivity contribution in [3.8, 4) is 5.75 Å². The molecule has 1 aromatic heterocycles. The molecule has 2 aliphatic rings. The molecule has 0 radical (unpaired) electrons. The van der Waals surface area contributed by atoms with Crippen molar-refractivity contribution >= 4 is 28.6 Å². The van der Waals surface area contributed by atoms with E-state index in [9.17, 15) is 9.90 Å². The molecule has 2 aromatic rings. The van der Waals surface area contributed by atoms with Crippen molar-refractivity contribution in [1.82, 2.24) is 9.88 Å². The zero-order valence-corrected chi connectivity index (χ0v) is 20.2. The summed E-state index contributed by atoms with van der Waals surface area (Å²) in [5.41, 5.74) is 1.43. The van der Waals surface area contributed by atoms with Gasteiger partial charge >= 0.3 is 5.97 Å². The lowest BCUT2D eigenvalue weighted by molar-refractivity contribution is -0.137. The van der Waals surface area contributed by atoms with Crippen molar-refractivity contribution in [2.45, 2.75) is 56.4 Å². The van der Waals surface area contributed by atoms with Gasteiger partial charge in [-0.2, -0.15) is 11.8 Å². The van der Waals surface area contributed by atoms with E-state index in [-0.39, 0.29) is 6.42 Å². The van der Waals surface area contributed by atoms with Crippen LogP contribution in [-0.2, 0) is 4.79 Å². The van der Waals surface area contributed by atoms with Crippen LogP contribution in [0, 0.1) is 11.8 Å². The Balaban J connectivity index is 1.37. The maximum atomic E-state index is 15.4. The summed E-state index contributed by atoms with van der Waals surface area (Å²) in [4.78, 5) is 18.1. The molecule has 4 rings (SSSR count). The minimum atomic E-state index is -1.07. The number of halogens is 1. The van der Waals surface area contributed by atoms with Crippen molar-refractivity contribution in [1.29, 1.82) is 0 Å². The highest BCUT2D eigenvalue weighted by atomic mass is 32.2. The van der Waals surface area contributed by atoms with Gasteiger partial charge in [0.05, 0.1) is 12.6 Å². The summed E-state index contributed by atoms with van der Waals surface area (Å²) in [6.07, 6.45) is 6.44. The molecule has 1 aliphatic carbocycles. The Morgan fingerprint density at radius 2 is 2.12 bits per heavy atom. The Morgan fingerprint density at radius 3 is 2.88 bits per heavy atom. The number of nitrogens with zero attached hydrogens (tertiary/aromatic N) is 2. The summed E-state index contributed by atoms with van der Waals surface area (Å²) in [7, 11) is 1.61. The van der Waals surface area contributed by atoms with Gasteiger partial charge in [-0.1, -0.05) is 0 Å². The van der Waals surface area contributed by atoms with Crippen LogP contribution < -0.4 is 4.74 Å². The summed E-state index contributed by atoms with van der Waals surface area (Å²) in [5.74, 6) is 1.81. The number of aromatic nitrogens is 1. The fraction of sp³-hybridized carbons (Fsp3) is 0.615. The standard InChI is InChI=1S/C26H35FN2O3S/c1-32-20-4-8-25-23(16-20)22(10-12-28-25)24(27)7-2-18-11-13-29(14-15-33-21-5-6-21)17-19(18)3-9-26(30)31/h4,8,10,12,16,18-19,21,24H,2-3,5-7,9,11,13-15,17H2,1H3,(H,30,31)/t18-,19-,24-/m1/s1. The first-order valence-electron chi connectivity index (χ1n) is 12.2. The molecule has 0 bridgehead atoms. The molecule has 1 saturated heterocycles. The first kappa shape index (κ1) is 24.3. The number of hydrogen-bond donors (Lipinski definition) is 1. The van der Waals surface area contributed by atoms with Gasteiger partial charge < -0.3 is 14.7 Å². The number of rotatable bonds is 12. The minimum Gasteiger partial charge on any atom is -0.497 e. The molecule has 0 amide bonds. The number of benzene rings is 1. The Kier molecular flexibility index (Phi) is 8.47. The van der Waals surface area contributed by atoms with Crippen molar-refractivity contribution in [2.75, 3.05) is 32.5 Å². The highest BCUT2D eigenvalue weighted by Crippen LogP contribution is 2.37. The molecule has 33 heavy (non-hydrogen) atoms. The lowest BCUT2D eigenvalue weighted by Gasteiger charge is -2.39. The molecule has 1 aromatic carbocycles. The van der Waals surface area contributed by atoms with Crippen LogP contribution in [-0.4, -0.2) is 58.7 Å². The SMILES string of the molecule is COc1ccc2nccc([C@H](F)CC[C@@H]3CCN(CCSC4CC4)C[C@H]3CCC(=O)O)c2c1. The zero-order chi connectivity index (χ0) is 23.2. The lowest BCUT2D eigenvalue weighted by Crippen LogP contribution is -2.41. The maximum Gasteiger partial charge on any atom is 0.303 e. The van der Waals surface area contributed by atoms with Gasteiger partial charge in [0, 0.05) is 42.1 Å². The zero-order valence-electron chi connectivity index (χ0n) is 19.4. The number of hydrogen-bond acceptors (Lipinski definition) is 5. The molecule has 0 spiro atoms. The number of thioether (sulfide) groups is 1. The maximum absolute atomic E-state index is 15.4. The van der Waals surface area contributed by atoms with Crippen molar-refractivity contribution in [3.05, 3.63) is 36.0 Å². The van der Waals surface area contributed by atoms with Gasteiger partial charge in [0.25, 0.3) is 0 Å². The number of alkyl halides is 1. The van der Waals surface area contributed by atoms with Gasteiger partial charge in [0.2, 0.25) is 0 Å². The number of likely N-dealkylation sites (tertiary alicyclic amines) is 1. The second-order valence-corrected chi connectivity index (χ2v) is 10.8. The topological polar surface area (TPSA) is 62.7 Å². The summed E-state index contributed by atoms with van der Waals surface area (Å²) in [6, 6.07) is 7.34. The van der Waals surface area contributed by atoms with E-state index >= 15 is 4.39 Å². The predicted octanol–water partition coefficient (Wildman–Crippen LogP) is 5.73. The van der Waals surface area contributed by atoms with Crippen molar-refractivity contribution in [3.63, 3.8) is 0 Å². The second-order valence-electron chi connectivity index (χ2n) is 9.44. The van der Waals surface area contributed by atoms with Crippen LogP contribution in [0.3, 0.4) is 0 Å². The summed E-state index contributed by atoms with van der Waals surface area (Å²) < 4.78 is 20.8. The Bertz CT molecular complexity index is 939. The molecule has 5 nitrogen and oxygen atoms in total. The molecular formula is C26H35FN2O3S. The molecule has 3 atom stereocenters. The molecule has 0 unspecified atom stereocenters. The predicted molar refractivity (Wildman–Crippen MR) is 132 cm³/mol. The van der Waals surface area contributed by atoms with Gasteiger partial charge in [-0.25, -0.2) is 4.39 Å². The highest BCUT2D eigenvalue weighted by Gasteiger charge is 2.30. The number of fused-ring (bicyclic) bond motifs is 1. The fourth-order valence-electron chi connectivity index (χ4n) is 5.02. The number of ether oxygens (including phenoxy) is 1. The Labute approximate surface area is 200 Å². The third kappa shape index (κ3) is 6.82. The van der Waals surface area contributed by atoms with Gasteiger partial charge in [0.1, 0.15) is 11.9 Å². The van der Waals surface area contributed by atoms with E-state index in [2.05, 4.69) is 21.6 Å². The third-order valence-corrected chi connectivity index (χ3v) is 8.46. The van der Waals surface area contributed by atoms with E-state index < -0.39 is 12.1 Å². The quantitative estimate of drug-likeness (QED) is 0.424. The minimum absolute atomic E-state index is 0.194. The first-order valence-corrected chi connectivity index (χ1v) is 13.2. The van der Waals surface area contributed by atoms with Gasteiger partial charge in [0.15, 0.2) is 0 Å². The fourth-order valence-corrected chi connectivity index (χ4v) is 6.19. The second kappa shape index (κ2) is 11.5. The summed E-state index contributed by atoms with van der Waals surface area (Å²) >= 11 is 2.07. The van der Waals surface area contributed by atoms with Crippen LogP contribution in [0.1, 0.15) is 56.7 Å². The average Bonchev–Trinajstić information content (AvgIpc) is 3.65. The van der Waals surface area contributed by atoms with E-state index in [1.807, 2.05) is 18.2 Å². The Hall–Kier alpha value is -1.86. The normalized spacial score (nSPS) is 22.4. The van der Waals surface area contributed by atoms with Crippen LogP contribution >= 0.6 is 11.8 Å². The largest absolute Gasteiger partial charge is 0.497 e. The van der Waals surface area contributed by atoms with Gasteiger partial charge in [-0.3, -0.25) is 9.78 Å². The average molecular weight is 475 g/mol. The van der Waals surface area contributed by atoms with Gasteiger partial charge in [-0.15, -0.1) is 0 Å². The van der Waals surface area contributed by atoms with Crippen LogP contribution in [0.4, 0.5) is 4.39 Å². The monoisotopic (exact) mass is 474 g/mol. The molecular weight excluding hydrogens is 439 g/mol. The van der Waals surface area contributed by atoms with E-state index in [1.165, 1.54) is 12.8 Å². The van der Waals surface area contributed by atoms with Crippen LogP contribution in [0.15, 0.2) is 30.5 Å². The molecule has 2 heterocycles. The van der Waals surface area contributed by atoms with Crippen LogP contribution in [0.5, 0.6) is 5.75 Å². The van der Waals surface area contributed by atoms with Crippen LogP contribution in [0.25, 0.3) is 10.9 Å². The summed E-state index contributed by atoms with van der Waals surface area (Å²) in [5, 5.41) is 10.9. The van der Waals surface area contributed by atoms with Crippen molar-refractivity contribution in [2.24, 2.45) is 11.8 Å². The molecule has 2 fully saturated rings. The number of carbonyl (C=O) groups is 1. The smallest absolute Gasteiger partial charge is 0.303 e. The number of aliphatic carboxylic acids is 1. The number of pyridine rings is 1. The third-order valence-electron chi connectivity index (χ3n) is 7.10. The molecule has 7 heteroatoms. The van der Waals surface area contributed by atoms with E-state index in [0.717, 1.165) is 54.4 Å². The Morgan fingerprint density at radius 1 is 1.27 bits per heavy atom. The summed E-state index contributed by atoms with van der Waals surface area (Å²) in [6.45, 7) is 3.05. The molecule has 1 saturated carbocycles.